The standard InChI is InChI=1S/C12H21NO3S/c1-4-11(10-8-6-5-7-9-10)16-12(14)13-17(2,3)15/h4,10-11H,1,5-9H2,2-3H3. The number of ether oxygens (including phenoxy) is 1. The average molecular weight is 259 g/mol. The number of rotatable bonds is 3. The predicted molar refractivity (Wildman–Crippen MR) is 69.5 cm³/mol. The highest BCUT2D eigenvalue weighted by molar-refractivity contribution is 7.92. The highest BCUT2D eigenvalue weighted by Crippen LogP contribution is 2.28. The van der Waals surface area contributed by atoms with Crippen LogP contribution in [0.15, 0.2) is 17.0 Å². The van der Waals surface area contributed by atoms with Gasteiger partial charge in [-0.15, -0.1) is 4.36 Å². The first-order chi connectivity index (χ1) is 7.92. The van der Waals surface area contributed by atoms with Crippen molar-refractivity contribution in [3.8, 4) is 0 Å². The molecule has 0 aromatic carbocycles. The van der Waals surface area contributed by atoms with E-state index in [9.17, 15) is 9.00 Å². The van der Waals surface area contributed by atoms with Crippen molar-refractivity contribution >= 4 is 15.8 Å². The van der Waals surface area contributed by atoms with Gasteiger partial charge in [0, 0.05) is 12.5 Å². The molecule has 0 aromatic heterocycles. The summed E-state index contributed by atoms with van der Waals surface area (Å²) in [6.07, 6.45) is 9.13. The maximum atomic E-state index is 11.5. The van der Waals surface area contributed by atoms with Gasteiger partial charge < -0.3 is 4.74 Å². The molecule has 1 fully saturated rings. The minimum atomic E-state index is -2.44. The summed E-state index contributed by atoms with van der Waals surface area (Å²) in [7, 11) is -2.44. The molecule has 98 valence electrons. The number of nitrogens with zero attached hydrogens (tertiary/aromatic N) is 1. The van der Waals surface area contributed by atoms with Crippen LogP contribution in [0.3, 0.4) is 0 Å². The molecule has 4 nitrogen and oxygen atoms in total. The molecule has 1 unspecified atom stereocenters. The number of carbonyl (C=O) groups excluding carboxylic acids is 1. The zero-order valence-corrected chi connectivity index (χ0v) is 11.4. The number of hydrogen-bond acceptors (Lipinski definition) is 3. The molecular formula is C12H21NO3S. The Morgan fingerprint density at radius 2 is 2.00 bits per heavy atom. The van der Waals surface area contributed by atoms with E-state index in [-0.39, 0.29) is 6.10 Å². The predicted octanol–water partition coefficient (Wildman–Crippen LogP) is 2.99. The molecule has 1 aliphatic carbocycles. The van der Waals surface area contributed by atoms with Gasteiger partial charge in [0.05, 0.1) is 9.73 Å². The van der Waals surface area contributed by atoms with Crippen molar-refractivity contribution in [1.29, 1.82) is 0 Å². The summed E-state index contributed by atoms with van der Waals surface area (Å²) in [5, 5.41) is 0. The summed E-state index contributed by atoms with van der Waals surface area (Å²) in [5.41, 5.74) is 0. The molecule has 0 aromatic rings. The summed E-state index contributed by atoms with van der Waals surface area (Å²) in [4.78, 5) is 11.5. The molecule has 5 heteroatoms. The third-order valence-corrected chi connectivity index (χ3v) is 3.47. The van der Waals surface area contributed by atoms with E-state index < -0.39 is 15.8 Å². The van der Waals surface area contributed by atoms with Gasteiger partial charge in [-0.3, -0.25) is 0 Å². The van der Waals surface area contributed by atoms with Gasteiger partial charge in [0.25, 0.3) is 0 Å². The molecule has 0 saturated heterocycles. The smallest absolute Gasteiger partial charge is 0.440 e. The van der Waals surface area contributed by atoms with Gasteiger partial charge in [0.15, 0.2) is 0 Å². The van der Waals surface area contributed by atoms with Crippen LogP contribution in [0.4, 0.5) is 4.79 Å². The fraction of sp³-hybridized carbons (Fsp3) is 0.750. The SMILES string of the molecule is C=CC(OC(=O)N=S(C)(C)=O)C1CCCCC1. The Morgan fingerprint density at radius 1 is 1.41 bits per heavy atom. The van der Waals surface area contributed by atoms with Crippen LogP contribution in [0.1, 0.15) is 32.1 Å². The van der Waals surface area contributed by atoms with Crippen LogP contribution < -0.4 is 0 Å². The van der Waals surface area contributed by atoms with E-state index in [1.165, 1.54) is 31.8 Å². The molecule has 0 bridgehead atoms. The van der Waals surface area contributed by atoms with Gasteiger partial charge in [0.2, 0.25) is 0 Å². The van der Waals surface area contributed by atoms with E-state index in [4.69, 9.17) is 4.74 Å². The third-order valence-electron chi connectivity index (χ3n) is 2.88. The minimum absolute atomic E-state index is 0.298. The van der Waals surface area contributed by atoms with Crippen LogP contribution in [0.5, 0.6) is 0 Å². The zero-order valence-electron chi connectivity index (χ0n) is 10.6. The average Bonchev–Trinajstić information content (AvgIpc) is 2.24. The zero-order chi connectivity index (χ0) is 12.9. The molecule has 0 aliphatic heterocycles. The molecule has 1 rings (SSSR count). The van der Waals surface area contributed by atoms with Gasteiger partial charge in [-0.2, -0.15) is 0 Å². The maximum Gasteiger partial charge on any atom is 0.442 e. The lowest BCUT2D eigenvalue weighted by Gasteiger charge is -2.27. The second-order valence-electron chi connectivity index (χ2n) is 4.75. The van der Waals surface area contributed by atoms with Gasteiger partial charge >= 0.3 is 6.09 Å². The molecule has 0 spiro atoms. The minimum Gasteiger partial charge on any atom is -0.440 e. The summed E-state index contributed by atoms with van der Waals surface area (Å²) >= 11 is 0. The quantitative estimate of drug-likeness (QED) is 0.732. The Bertz CT molecular complexity index is 383. The molecule has 0 N–H and O–H groups in total. The monoisotopic (exact) mass is 259 g/mol. The molecule has 1 aliphatic rings. The Morgan fingerprint density at radius 3 is 2.47 bits per heavy atom. The molecule has 1 amide bonds. The molecule has 1 atom stereocenters. The van der Waals surface area contributed by atoms with Crippen LogP contribution in [0, 0.1) is 5.92 Å². The number of carbonyl (C=O) groups is 1. The lowest BCUT2D eigenvalue weighted by molar-refractivity contribution is 0.0837. The number of amides is 1. The van der Waals surface area contributed by atoms with Gasteiger partial charge in [-0.25, -0.2) is 9.00 Å². The summed E-state index contributed by atoms with van der Waals surface area (Å²) in [6.45, 7) is 3.70. The first-order valence-corrected chi connectivity index (χ1v) is 8.26. The lowest BCUT2D eigenvalue weighted by Crippen LogP contribution is -2.26. The van der Waals surface area contributed by atoms with Gasteiger partial charge in [-0.05, 0) is 18.8 Å². The molecule has 0 heterocycles. The first-order valence-electron chi connectivity index (χ1n) is 5.92. The van der Waals surface area contributed by atoms with E-state index in [1.807, 2.05) is 0 Å². The Hall–Kier alpha value is -0.840. The van der Waals surface area contributed by atoms with Crippen molar-refractivity contribution in [2.45, 2.75) is 38.2 Å². The molecule has 0 radical (unpaired) electrons. The summed E-state index contributed by atoms with van der Waals surface area (Å²) < 4.78 is 20.1. The number of hydrogen-bond donors (Lipinski definition) is 0. The first kappa shape index (κ1) is 14.2. The van der Waals surface area contributed by atoms with E-state index in [0.717, 1.165) is 12.8 Å². The van der Waals surface area contributed by atoms with E-state index in [0.29, 0.717) is 5.92 Å². The van der Waals surface area contributed by atoms with Crippen molar-refractivity contribution in [2.24, 2.45) is 10.3 Å². The van der Waals surface area contributed by atoms with Crippen molar-refractivity contribution in [3.05, 3.63) is 12.7 Å². The Labute approximate surface area is 104 Å². The van der Waals surface area contributed by atoms with Gasteiger partial charge in [0.1, 0.15) is 6.10 Å². The van der Waals surface area contributed by atoms with Gasteiger partial charge in [-0.1, -0.05) is 31.9 Å². The highest BCUT2D eigenvalue weighted by Gasteiger charge is 2.24. The fourth-order valence-corrected chi connectivity index (χ4v) is 2.52. The van der Waals surface area contributed by atoms with E-state index >= 15 is 0 Å². The Balaban J connectivity index is 2.60. The van der Waals surface area contributed by atoms with E-state index in [1.54, 1.807) is 6.08 Å². The summed E-state index contributed by atoms with van der Waals surface area (Å²) in [6, 6.07) is 0. The van der Waals surface area contributed by atoms with Crippen LogP contribution >= 0.6 is 0 Å². The van der Waals surface area contributed by atoms with E-state index in [2.05, 4.69) is 10.9 Å². The molecular weight excluding hydrogens is 238 g/mol. The van der Waals surface area contributed by atoms with Crippen LogP contribution in [-0.2, 0) is 14.5 Å². The highest BCUT2D eigenvalue weighted by atomic mass is 32.2. The topological polar surface area (TPSA) is 55.7 Å². The van der Waals surface area contributed by atoms with Crippen molar-refractivity contribution in [1.82, 2.24) is 0 Å². The second-order valence-corrected chi connectivity index (χ2v) is 7.30. The molecule has 17 heavy (non-hydrogen) atoms. The normalized spacial score (nSPS) is 19.4. The van der Waals surface area contributed by atoms with Crippen molar-refractivity contribution < 1.29 is 13.7 Å². The lowest BCUT2D eigenvalue weighted by atomic mass is 9.85. The third kappa shape index (κ3) is 5.35. The molecule has 1 saturated carbocycles. The Kier molecular flexibility index (Phi) is 5.18. The fourth-order valence-electron chi connectivity index (χ4n) is 2.12. The second kappa shape index (κ2) is 6.19. The van der Waals surface area contributed by atoms with Crippen LogP contribution in [-0.4, -0.2) is 28.9 Å². The largest absolute Gasteiger partial charge is 0.442 e. The van der Waals surface area contributed by atoms with Crippen LogP contribution in [0.25, 0.3) is 0 Å². The van der Waals surface area contributed by atoms with Crippen molar-refractivity contribution in [2.75, 3.05) is 12.5 Å². The summed E-state index contributed by atoms with van der Waals surface area (Å²) in [5.74, 6) is 0.338. The maximum absolute atomic E-state index is 11.5. The van der Waals surface area contributed by atoms with Crippen molar-refractivity contribution in [3.63, 3.8) is 0 Å². The van der Waals surface area contributed by atoms with Crippen LogP contribution in [0.2, 0.25) is 0 Å².